The lowest BCUT2D eigenvalue weighted by molar-refractivity contribution is -0.179. The molecule has 1 fully saturated rings. The van der Waals surface area contributed by atoms with E-state index in [1.807, 2.05) is 13.8 Å². The standard InChI is InChI=1S/C17H26O6/c1-10-5-4-6-16(3)13(10)7-12(8-14(16)23-11(2)19)17(22,9-18)15(20)21/h12,14,18,22H,4-9H2,1-3H3,(H,20,21)/t12-,14-,16-,17-/m0/s1. The average molecular weight is 326 g/mol. The maximum Gasteiger partial charge on any atom is 0.338 e. The van der Waals surface area contributed by atoms with Gasteiger partial charge in [-0.05, 0) is 39.0 Å². The molecule has 0 aliphatic heterocycles. The van der Waals surface area contributed by atoms with E-state index < -0.39 is 36.2 Å². The Labute approximate surface area is 136 Å². The molecule has 130 valence electrons. The van der Waals surface area contributed by atoms with Crippen molar-refractivity contribution >= 4 is 11.9 Å². The summed E-state index contributed by atoms with van der Waals surface area (Å²) in [5.74, 6) is -2.54. The molecule has 0 unspecified atom stereocenters. The third-order valence-corrected chi connectivity index (χ3v) is 5.71. The molecular weight excluding hydrogens is 300 g/mol. The number of carbonyl (C=O) groups excluding carboxylic acids is 1. The van der Waals surface area contributed by atoms with Gasteiger partial charge in [0, 0.05) is 18.3 Å². The van der Waals surface area contributed by atoms with Crippen molar-refractivity contribution in [3.05, 3.63) is 11.1 Å². The van der Waals surface area contributed by atoms with E-state index in [0.29, 0.717) is 6.42 Å². The SMILES string of the molecule is CC(=O)O[C@H]1C[C@@H]([C@@](O)(CO)C(=O)O)CC2=C(C)CCC[C@@]21C. The molecule has 6 heteroatoms. The van der Waals surface area contributed by atoms with Crippen molar-refractivity contribution in [2.24, 2.45) is 11.3 Å². The molecule has 0 aromatic heterocycles. The summed E-state index contributed by atoms with van der Waals surface area (Å²) in [6.07, 6.45) is 2.95. The smallest absolute Gasteiger partial charge is 0.338 e. The van der Waals surface area contributed by atoms with E-state index in [9.17, 15) is 24.9 Å². The molecular formula is C17H26O6. The van der Waals surface area contributed by atoms with Crippen molar-refractivity contribution in [2.45, 2.75) is 64.6 Å². The molecule has 0 aromatic carbocycles. The summed E-state index contributed by atoms with van der Waals surface area (Å²) in [6, 6.07) is 0. The van der Waals surface area contributed by atoms with Gasteiger partial charge in [0.25, 0.3) is 0 Å². The van der Waals surface area contributed by atoms with Crippen molar-refractivity contribution in [2.75, 3.05) is 6.61 Å². The van der Waals surface area contributed by atoms with Crippen LogP contribution in [-0.4, -0.2) is 45.6 Å². The van der Waals surface area contributed by atoms with Crippen LogP contribution in [0.4, 0.5) is 0 Å². The van der Waals surface area contributed by atoms with Crippen molar-refractivity contribution in [3.8, 4) is 0 Å². The monoisotopic (exact) mass is 326 g/mol. The van der Waals surface area contributed by atoms with E-state index in [2.05, 4.69) is 0 Å². The first-order valence-corrected chi connectivity index (χ1v) is 8.08. The Morgan fingerprint density at radius 2 is 2.09 bits per heavy atom. The van der Waals surface area contributed by atoms with Gasteiger partial charge in [0.15, 0.2) is 5.60 Å². The van der Waals surface area contributed by atoms with Gasteiger partial charge in [-0.2, -0.15) is 0 Å². The van der Waals surface area contributed by atoms with Gasteiger partial charge in [-0.25, -0.2) is 4.79 Å². The number of aliphatic hydroxyl groups excluding tert-OH is 1. The summed E-state index contributed by atoms with van der Waals surface area (Å²) in [5, 5.41) is 29.2. The first kappa shape index (κ1) is 17.9. The van der Waals surface area contributed by atoms with Gasteiger partial charge in [-0.15, -0.1) is 0 Å². The van der Waals surface area contributed by atoms with Gasteiger partial charge < -0.3 is 20.1 Å². The Hall–Kier alpha value is -1.40. The van der Waals surface area contributed by atoms with Crippen molar-refractivity contribution in [3.63, 3.8) is 0 Å². The van der Waals surface area contributed by atoms with E-state index >= 15 is 0 Å². The molecule has 0 radical (unpaired) electrons. The molecule has 2 aliphatic carbocycles. The molecule has 0 amide bonds. The number of aliphatic carboxylic acids is 1. The largest absolute Gasteiger partial charge is 0.479 e. The minimum atomic E-state index is -2.22. The lowest BCUT2D eigenvalue weighted by Gasteiger charge is -2.50. The molecule has 0 saturated heterocycles. The summed E-state index contributed by atoms with van der Waals surface area (Å²) in [4.78, 5) is 23.0. The fourth-order valence-electron chi connectivity index (χ4n) is 4.23. The summed E-state index contributed by atoms with van der Waals surface area (Å²) in [6.45, 7) is 4.54. The first-order chi connectivity index (χ1) is 10.6. The summed E-state index contributed by atoms with van der Waals surface area (Å²) < 4.78 is 5.50. The molecule has 6 nitrogen and oxygen atoms in total. The fourth-order valence-corrected chi connectivity index (χ4v) is 4.23. The Morgan fingerprint density at radius 3 is 2.61 bits per heavy atom. The second-order valence-corrected chi connectivity index (χ2v) is 7.15. The van der Waals surface area contributed by atoms with Crippen LogP contribution >= 0.6 is 0 Å². The number of carboxylic acid groups (broad SMARTS) is 1. The zero-order valence-electron chi connectivity index (χ0n) is 14.0. The number of carbonyl (C=O) groups is 2. The number of ether oxygens (including phenoxy) is 1. The molecule has 3 N–H and O–H groups in total. The zero-order chi connectivity index (χ0) is 17.4. The highest BCUT2D eigenvalue weighted by molar-refractivity contribution is 5.78. The van der Waals surface area contributed by atoms with Crippen LogP contribution in [0.5, 0.6) is 0 Å². The van der Waals surface area contributed by atoms with Crippen LogP contribution in [0.3, 0.4) is 0 Å². The lowest BCUT2D eigenvalue weighted by Crippen LogP contribution is -2.55. The number of fused-ring (bicyclic) bond motifs is 1. The van der Waals surface area contributed by atoms with Crippen LogP contribution in [0.15, 0.2) is 11.1 Å². The Morgan fingerprint density at radius 1 is 1.43 bits per heavy atom. The predicted molar refractivity (Wildman–Crippen MR) is 82.6 cm³/mol. The first-order valence-electron chi connectivity index (χ1n) is 8.08. The Kier molecular flexibility index (Phi) is 4.87. The van der Waals surface area contributed by atoms with Crippen LogP contribution in [0.2, 0.25) is 0 Å². The van der Waals surface area contributed by atoms with Gasteiger partial charge in [-0.3, -0.25) is 4.79 Å². The van der Waals surface area contributed by atoms with Crippen LogP contribution < -0.4 is 0 Å². The highest BCUT2D eigenvalue weighted by Gasteiger charge is 2.54. The summed E-state index contributed by atoms with van der Waals surface area (Å²) >= 11 is 0. The van der Waals surface area contributed by atoms with Crippen LogP contribution in [0, 0.1) is 11.3 Å². The number of esters is 1. The third-order valence-electron chi connectivity index (χ3n) is 5.71. The zero-order valence-corrected chi connectivity index (χ0v) is 14.0. The normalized spacial score (nSPS) is 33.6. The Balaban J connectivity index is 2.44. The van der Waals surface area contributed by atoms with E-state index in [4.69, 9.17) is 4.74 Å². The van der Waals surface area contributed by atoms with Gasteiger partial charge in [0.05, 0.1) is 6.61 Å². The lowest BCUT2D eigenvalue weighted by atomic mass is 9.58. The second-order valence-electron chi connectivity index (χ2n) is 7.15. The molecule has 0 heterocycles. The number of carboxylic acids is 1. The molecule has 0 spiro atoms. The molecule has 0 bridgehead atoms. The summed E-state index contributed by atoms with van der Waals surface area (Å²) in [5.41, 5.74) is -0.297. The fraction of sp³-hybridized carbons (Fsp3) is 0.765. The van der Waals surface area contributed by atoms with E-state index in [1.54, 1.807) is 0 Å². The van der Waals surface area contributed by atoms with Crippen molar-refractivity contribution < 1.29 is 29.6 Å². The van der Waals surface area contributed by atoms with Crippen molar-refractivity contribution in [1.82, 2.24) is 0 Å². The number of rotatable bonds is 4. The van der Waals surface area contributed by atoms with Crippen LogP contribution in [0.1, 0.15) is 52.9 Å². The molecule has 23 heavy (non-hydrogen) atoms. The number of hydrogen-bond donors (Lipinski definition) is 3. The second kappa shape index (κ2) is 6.24. The maximum atomic E-state index is 11.5. The molecule has 2 aliphatic rings. The van der Waals surface area contributed by atoms with Crippen LogP contribution in [-0.2, 0) is 14.3 Å². The van der Waals surface area contributed by atoms with Gasteiger partial charge in [0.2, 0.25) is 0 Å². The van der Waals surface area contributed by atoms with Gasteiger partial charge in [-0.1, -0.05) is 18.1 Å². The number of hydrogen-bond acceptors (Lipinski definition) is 5. The van der Waals surface area contributed by atoms with E-state index in [-0.39, 0.29) is 11.8 Å². The van der Waals surface area contributed by atoms with Gasteiger partial charge in [0.1, 0.15) is 6.10 Å². The highest BCUT2D eigenvalue weighted by Crippen LogP contribution is 2.54. The minimum absolute atomic E-state index is 0.232. The summed E-state index contributed by atoms with van der Waals surface area (Å²) in [7, 11) is 0. The number of aliphatic hydroxyl groups is 2. The highest BCUT2D eigenvalue weighted by atomic mass is 16.5. The Bertz CT molecular complexity index is 539. The number of allylic oxidation sites excluding steroid dienone is 1. The van der Waals surface area contributed by atoms with Gasteiger partial charge >= 0.3 is 11.9 Å². The molecule has 0 aromatic rings. The van der Waals surface area contributed by atoms with E-state index in [0.717, 1.165) is 24.8 Å². The third kappa shape index (κ3) is 3.02. The van der Waals surface area contributed by atoms with Crippen molar-refractivity contribution in [1.29, 1.82) is 0 Å². The molecule has 2 rings (SSSR count). The predicted octanol–water partition coefficient (Wildman–Crippen LogP) is 1.64. The average Bonchev–Trinajstić information content (AvgIpc) is 2.47. The molecule has 4 atom stereocenters. The quantitative estimate of drug-likeness (QED) is 0.536. The maximum absolute atomic E-state index is 11.5. The topological polar surface area (TPSA) is 104 Å². The van der Waals surface area contributed by atoms with Crippen LogP contribution in [0.25, 0.3) is 0 Å². The minimum Gasteiger partial charge on any atom is -0.479 e. The molecule has 1 saturated carbocycles. The van der Waals surface area contributed by atoms with E-state index in [1.165, 1.54) is 12.5 Å².